The number of ether oxygens (including phenoxy) is 1. The van der Waals surface area contributed by atoms with Crippen molar-refractivity contribution in [2.45, 2.75) is 20.3 Å². The zero-order chi connectivity index (χ0) is 14.0. The molecule has 0 aliphatic rings. The number of hydrogen-bond donors (Lipinski definition) is 2. The van der Waals surface area contributed by atoms with Gasteiger partial charge < -0.3 is 15.6 Å². The second-order valence-corrected chi connectivity index (χ2v) is 3.97. The molecule has 19 heavy (non-hydrogen) atoms. The molecule has 6 nitrogen and oxygen atoms in total. The van der Waals surface area contributed by atoms with Crippen LogP contribution in [0.15, 0.2) is 12.1 Å². The van der Waals surface area contributed by atoms with Crippen molar-refractivity contribution in [3.8, 4) is 5.88 Å². The quantitative estimate of drug-likeness (QED) is 0.871. The number of aromatic nitrogens is 2. The van der Waals surface area contributed by atoms with Gasteiger partial charge in [-0.25, -0.2) is 9.78 Å². The number of fused-ring (bicyclic) bond motifs is 1. The molecule has 0 aliphatic heterocycles. The molecule has 2 aromatic heterocycles. The molecule has 2 heterocycles. The predicted molar refractivity (Wildman–Crippen MR) is 71.5 cm³/mol. The van der Waals surface area contributed by atoms with E-state index in [1.807, 2.05) is 13.8 Å². The average Bonchev–Trinajstić information content (AvgIpc) is 2.38. The first-order valence-corrected chi connectivity index (χ1v) is 6.03. The van der Waals surface area contributed by atoms with Crippen LogP contribution < -0.4 is 10.5 Å². The Morgan fingerprint density at radius 1 is 1.37 bits per heavy atom. The molecular weight excluding hydrogens is 246 g/mol. The fourth-order valence-corrected chi connectivity index (χ4v) is 1.98. The molecule has 0 unspecified atom stereocenters. The number of hydrogen-bond acceptors (Lipinski definition) is 5. The molecule has 0 bridgehead atoms. The SMILES string of the molecule is CCOc1ccc2c(CC)c(N)c(C(=O)O)nc2n1. The third-order valence-corrected chi connectivity index (χ3v) is 2.82. The number of nitrogens with zero attached hydrogens (tertiary/aromatic N) is 2. The Hall–Kier alpha value is -2.37. The summed E-state index contributed by atoms with van der Waals surface area (Å²) in [6.45, 7) is 4.25. The molecule has 2 rings (SSSR count). The molecule has 6 heteroatoms. The van der Waals surface area contributed by atoms with Gasteiger partial charge in [0, 0.05) is 11.5 Å². The number of carbonyl (C=O) groups is 1. The van der Waals surface area contributed by atoms with Gasteiger partial charge in [0.1, 0.15) is 0 Å². The number of carboxylic acids is 1. The number of pyridine rings is 2. The fourth-order valence-electron chi connectivity index (χ4n) is 1.98. The highest BCUT2D eigenvalue weighted by Crippen LogP contribution is 2.26. The van der Waals surface area contributed by atoms with Gasteiger partial charge in [-0.2, -0.15) is 4.98 Å². The molecule has 0 atom stereocenters. The van der Waals surface area contributed by atoms with Crippen LogP contribution in [0.4, 0.5) is 5.69 Å². The maximum absolute atomic E-state index is 11.1. The molecule has 0 spiro atoms. The van der Waals surface area contributed by atoms with Gasteiger partial charge in [0.2, 0.25) is 5.88 Å². The van der Waals surface area contributed by atoms with Gasteiger partial charge in [-0.1, -0.05) is 6.92 Å². The van der Waals surface area contributed by atoms with Crippen LogP contribution in [0.5, 0.6) is 5.88 Å². The van der Waals surface area contributed by atoms with Crippen molar-refractivity contribution in [3.05, 3.63) is 23.4 Å². The highest BCUT2D eigenvalue weighted by Gasteiger charge is 2.17. The molecule has 0 saturated heterocycles. The molecule has 3 N–H and O–H groups in total. The van der Waals surface area contributed by atoms with E-state index in [1.165, 1.54) is 0 Å². The molecule has 100 valence electrons. The van der Waals surface area contributed by atoms with Gasteiger partial charge >= 0.3 is 5.97 Å². The molecule has 0 amide bonds. The topological polar surface area (TPSA) is 98.3 Å². The van der Waals surface area contributed by atoms with E-state index in [2.05, 4.69) is 9.97 Å². The summed E-state index contributed by atoms with van der Waals surface area (Å²) < 4.78 is 5.29. The first kappa shape index (κ1) is 13.1. The van der Waals surface area contributed by atoms with Crippen LogP contribution in [0.3, 0.4) is 0 Å². The largest absolute Gasteiger partial charge is 0.478 e. The molecule has 0 radical (unpaired) electrons. The van der Waals surface area contributed by atoms with Crippen LogP contribution >= 0.6 is 0 Å². The smallest absolute Gasteiger partial charge is 0.356 e. The Balaban J connectivity index is 2.73. The lowest BCUT2D eigenvalue weighted by Crippen LogP contribution is -2.10. The summed E-state index contributed by atoms with van der Waals surface area (Å²) in [7, 11) is 0. The molecular formula is C13H15N3O3. The van der Waals surface area contributed by atoms with Crippen molar-refractivity contribution in [1.29, 1.82) is 0 Å². The second kappa shape index (κ2) is 5.09. The van der Waals surface area contributed by atoms with Gasteiger partial charge in [0.15, 0.2) is 11.3 Å². The Labute approximate surface area is 110 Å². The van der Waals surface area contributed by atoms with E-state index in [0.29, 0.717) is 24.6 Å². The number of nitrogen functional groups attached to an aromatic ring is 1. The number of aromatic carboxylic acids is 1. The van der Waals surface area contributed by atoms with E-state index in [1.54, 1.807) is 12.1 Å². The number of nitrogens with two attached hydrogens (primary N) is 1. The Bertz CT molecular complexity index is 641. The number of aryl methyl sites for hydroxylation is 1. The van der Waals surface area contributed by atoms with Gasteiger partial charge in [-0.3, -0.25) is 0 Å². The zero-order valence-electron chi connectivity index (χ0n) is 10.8. The summed E-state index contributed by atoms with van der Waals surface area (Å²) in [5, 5.41) is 9.87. The van der Waals surface area contributed by atoms with Crippen LogP contribution in [-0.2, 0) is 6.42 Å². The summed E-state index contributed by atoms with van der Waals surface area (Å²) in [4.78, 5) is 19.4. The summed E-state index contributed by atoms with van der Waals surface area (Å²) in [5.41, 5.74) is 6.99. The van der Waals surface area contributed by atoms with Crippen molar-refractivity contribution < 1.29 is 14.6 Å². The average molecular weight is 261 g/mol. The third kappa shape index (κ3) is 2.29. The molecule has 0 aliphatic carbocycles. The van der Waals surface area contributed by atoms with Crippen molar-refractivity contribution in [3.63, 3.8) is 0 Å². The Morgan fingerprint density at radius 2 is 2.11 bits per heavy atom. The van der Waals surface area contributed by atoms with E-state index in [-0.39, 0.29) is 11.4 Å². The normalized spacial score (nSPS) is 10.6. The van der Waals surface area contributed by atoms with Gasteiger partial charge in [-0.05, 0) is 25.0 Å². The maximum atomic E-state index is 11.1. The first-order valence-electron chi connectivity index (χ1n) is 6.03. The van der Waals surface area contributed by atoms with Gasteiger partial charge in [0.25, 0.3) is 0 Å². The zero-order valence-corrected chi connectivity index (χ0v) is 10.8. The first-order chi connectivity index (χ1) is 9.08. The van der Waals surface area contributed by atoms with Crippen molar-refractivity contribution >= 4 is 22.7 Å². The minimum atomic E-state index is -1.15. The minimum Gasteiger partial charge on any atom is -0.478 e. The van der Waals surface area contributed by atoms with E-state index in [9.17, 15) is 4.79 Å². The van der Waals surface area contributed by atoms with E-state index < -0.39 is 5.97 Å². The summed E-state index contributed by atoms with van der Waals surface area (Å²) in [6.07, 6.45) is 0.612. The van der Waals surface area contributed by atoms with E-state index in [0.717, 1.165) is 10.9 Å². The summed E-state index contributed by atoms with van der Waals surface area (Å²) in [5.74, 6) is -0.733. The molecule has 2 aromatic rings. The molecule has 0 saturated carbocycles. The predicted octanol–water partition coefficient (Wildman–Crippen LogP) is 1.87. The van der Waals surface area contributed by atoms with Crippen LogP contribution in [-0.4, -0.2) is 27.7 Å². The van der Waals surface area contributed by atoms with Crippen molar-refractivity contribution in [2.24, 2.45) is 0 Å². The van der Waals surface area contributed by atoms with Crippen LogP contribution in [0.2, 0.25) is 0 Å². The molecule has 0 fully saturated rings. The summed E-state index contributed by atoms with van der Waals surface area (Å²) in [6, 6.07) is 3.54. The van der Waals surface area contributed by atoms with Gasteiger partial charge in [-0.15, -0.1) is 0 Å². The van der Waals surface area contributed by atoms with E-state index >= 15 is 0 Å². The fraction of sp³-hybridized carbons (Fsp3) is 0.308. The highest BCUT2D eigenvalue weighted by atomic mass is 16.5. The lowest BCUT2D eigenvalue weighted by atomic mass is 10.1. The summed E-state index contributed by atoms with van der Waals surface area (Å²) >= 11 is 0. The number of rotatable bonds is 4. The maximum Gasteiger partial charge on any atom is 0.356 e. The highest BCUT2D eigenvalue weighted by molar-refractivity contribution is 5.97. The van der Waals surface area contributed by atoms with Crippen molar-refractivity contribution in [2.75, 3.05) is 12.3 Å². The monoisotopic (exact) mass is 261 g/mol. The number of carboxylic acid groups (broad SMARTS) is 1. The van der Waals surface area contributed by atoms with Crippen LogP contribution in [0.25, 0.3) is 11.0 Å². The Morgan fingerprint density at radius 3 is 2.68 bits per heavy atom. The Kier molecular flexibility index (Phi) is 3.50. The number of anilines is 1. The minimum absolute atomic E-state index is 0.162. The van der Waals surface area contributed by atoms with Gasteiger partial charge in [0.05, 0.1) is 12.3 Å². The van der Waals surface area contributed by atoms with Crippen LogP contribution in [0.1, 0.15) is 29.9 Å². The second-order valence-electron chi connectivity index (χ2n) is 3.97. The molecule has 0 aromatic carbocycles. The standard InChI is InChI=1S/C13H15N3O3/c1-3-7-8-5-6-9(19-4-2)15-12(8)16-11(10(7)14)13(17)18/h5-6H,3-4,14H2,1-2H3,(H,17,18). The van der Waals surface area contributed by atoms with Crippen molar-refractivity contribution in [1.82, 2.24) is 9.97 Å². The van der Waals surface area contributed by atoms with E-state index in [4.69, 9.17) is 15.6 Å². The lowest BCUT2D eigenvalue weighted by Gasteiger charge is -2.11. The third-order valence-electron chi connectivity index (χ3n) is 2.82. The van der Waals surface area contributed by atoms with Crippen LogP contribution in [0, 0.1) is 0 Å². The lowest BCUT2D eigenvalue weighted by molar-refractivity contribution is 0.0692.